The summed E-state index contributed by atoms with van der Waals surface area (Å²) in [5.74, 6) is 0.192. The van der Waals surface area contributed by atoms with E-state index in [1.54, 1.807) is 23.1 Å². The summed E-state index contributed by atoms with van der Waals surface area (Å²) in [5, 5.41) is 8.63. The summed E-state index contributed by atoms with van der Waals surface area (Å²) < 4.78 is 24.6. The summed E-state index contributed by atoms with van der Waals surface area (Å²) >= 11 is 6.18. The van der Waals surface area contributed by atoms with E-state index in [1.165, 1.54) is 19.2 Å². The Hall–Kier alpha value is -2.93. The van der Waals surface area contributed by atoms with E-state index in [4.69, 9.17) is 20.8 Å². The summed E-state index contributed by atoms with van der Waals surface area (Å²) in [6.45, 7) is 0.208. The van der Waals surface area contributed by atoms with Crippen LogP contribution in [0.3, 0.4) is 0 Å². The first kappa shape index (κ1) is 19.4. The van der Waals surface area contributed by atoms with Crippen LogP contribution in [0.4, 0.5) is 4.39 Å². The molecule has 1 aliphatic rings. The highest BCUT2D eigenvalue weighted by atomic mass is 35.5. The average molecular weight is 416 g/mol. The minimum Gasteiger partial charge on any atom is -0.494 e. The molecule has 0 spiro atoms. The van der Waals surface area contributed by atoms with Gasteiger partial charge in [0.1, 0.15) is 0 Å². The van der Waals surface area contributed by atoms with Crippen LogP contribution >= 0.6 is 11.6 Å². The molecule has 1 aliphatic carbocycles. The number of hydrogen-bond acceptors (Lipinski definition) is 5. The van der Waals surface area contributed by atoms with Gasteiger partial charge in [-0.25, -0.2) is 4.39 Å². The van der Waals surface area contributed by atoms with Gasteiger partial charge in [0.25, 0.3) is 0 Å². The third-order valence-electron chi connectivity index (χ3n) is 4.76. The molecule has 1 aromatic heterocycles. The van der Waals surface area contributed by atoms with Crippen LogP contribution < -0.4 is 4.74 Å². The maximum absolute atomic E-state index is 13.9. The van der Waals surface area contributed by atoms with E-state index in [2.05, 4.69) is 10.2 Å². The molecule has 0 aliphatic heterocycles. The van der Waals surface area contributed by atoms with Crippen molar-refractivity contribution in [2.24, 2.45) is 0 Å². The molecule has 150 valence electrons. The highest BCUT2D eigenvalue weighted by Crippen LogP contribution is 2.31. The van der Waals surface area contributed by atoms with Crippen molar-refractivity contribution >= 4 is 17.5 Å². The number of halogens is 2. The fraction of sp³-hybridized carbons (Fsp3) is 0.286. The van der Waals surface area contributed by atoms with Crippen molar-refractivity contribution in [2.75, 3.05) is 7.11 Å². The third-order valence-corrected chi connectivity index (χ3v) is 5.09. The number of carbonyl (C=O) groups excluding carboxylic acids is 1. The van der Waals surface area contributed by atoms with Crippen LogP contribution in [-0.4, -0.2) is 34.2 Å². The summed E-state index contributed by atoms with van der Waals surface area (Å²) in [7, 11) is 1.40. The summed E-state index contributed by atoms with van der Waals surface area (Å²) in [5.41, 5.74) is 1.23. The van der Waals surface area contributed by atoms with Gasteiger partial charge in [0.2, 0.25) is 17.7 Å². The molecule has 1 amide bonds. The van der Waals surface area contributed by atoms with Gasteiger partial charge in [0.05, 0.1) is 30.7 Å². The van der Waals surface area contributed by atoms with Crippen molar-refractivity contribution in [2.45, 2.75) is 31.8 Å². The van der Waals surface area contributed by atoms with E-state index in [9.17, 15) is 9.18 Å². The van der Waals surface area contributed by atoms with Crippen molar-refractivity contribution in [3.05, 3.63) is 64.8 Å². The number of amides is 1. The molecular formula is C21H19ClFN3O3. The molecular weight excluding hydrogens is 397 g/mol. The number of rotatable bonds is 7. The fourth-order valence-corrected chi connectivity index (χ4v) is 3.33. The van der Waals surface area contributed by atoms with E-state index in [0.717, 1.165) is 12.8 Å². The van der Waals surface area contributed by atoms with Crippen LogP contribution in [0.1, 0.15) is 24.3 Å². The molecule has 1 saturated carbocycles. The number of methoxy groups -OCH3 is 1. The molecule has 0 N–H and O–H groups in total. The number of ether oxygens (including phenoxy) is 1. The number of aromatic nitrogens is 2. The maximum atomic E-state index is 13.9. The molecule has 0 unspecified atom stereocenters. The van der Waals surface area contributed by atoms with Crippen LogP contribution in [0.5, 0.6) is 5.75 Å². The van der Waals surface area contributed by atoms with Crippen molar-refractivity contribution in [1.29, 1.82) is 0 Å². The Kier molecular flexibility index (Phi) is 5.49. The van der Waals surface area contributed by atoms with Gasteiger partial charge in [-0.1, -0.05) is 29.8 Å². The molecule has 2 aromatic carbocycles. The number of nitrogens with zero attached hydrogens (tertiary/aromatic N) is 3. The predicted molar refractivity (Wildman–Crippen MR) is 105 cm³/mol. The summed E-state index contributed by atoms with van der Waals surface area (Å²) in [6, 6.07) is 11.9. The van der Waals surface area contributed by atoms with Gasteiger partial charge in [0, 0.05) is 6.04 Å². The van der Waals surface area contributed by atoms with Crippen LogP contribution in [0.2, 0.25) is 5.02 Å². The van der Waals surface area contributed by atoms with Crippen molar-refractivity contribution in [1.82, 2.24) is 15.1 Å². The Morgan fingerprint density at radius 3 is 2.76 bits per heavy atom. The van der Waals surface area contributed by atoms with Crippen LogP contribution in [0, 0.1) is 5.82 Å². The van der Waals surface area contributed by atoms with E-state index in [-0.39, 0.29) is 30.7 Å². The standard InChI is InChI=1S/C21H19ClFN3O3/c1-28-18-9-6-13(10-17(18)23)11-20(27)26(14-7-8-14)12-19-24-25-21(29-19)15-4-2-3-5-16(15)22/h2-6,9-10,14H,7-8,11-12H2,1H3. The van der Waals surface area contributed by atoms with Crippen molar-refractivity contribution in [3.63, 3.8) is 0 Å². The zero-order valence-corrected chi connectivity index (χ0v) is 16.5. The zero-order chi connectivity index (χ0) is 20.4. The van der Waals surface area contributed by atoms with Crippen molar-refractivity contribution < 1.29 is 18.3 Å². The second kappa shape index (κ2) is 8.21. The lowest BCUT2D eigenvalue weighted by Crippen LogP contribution is -2.34. The molecule has 0 bridgehead atoms. The molecule has 4 rings (SSSR count). The van der Waals surface area contributed by atoms with Gasteiger partial charge < -0.3 is 14.1 Å². The van der Waals surface area contributed by atoms with E-state index in [1.807, 2.05) is 12.1 Å². The number of carbonyl (C=O) groups is 1. The lowest BCUT2D eigenvalue weighted by atomic mass is 10.1. The second-order valence-corrected chi connectivity index (χ2v) is 7.29. The van der Waals surface area contributed by atoms with E-state index in [0.29, 0.717) is 27.9 Å². The van der Waals surface area contributed by atoms with Gasteiger partial charge >= 0.3 is 0 Å². The van der Waals surface area contributed by atoms with E-state index >= 15 is 0 Å². The largest absolute Gasteiger partial charge is 0.494 e. The molecule has 0 atom stereocenters. The number of benzene rings is 2. The smallest absolute Gasteiger partial charge is 0.249 e. The van der Waals surface area contributed by atoms with Crippen LogP contribution in [-0.2, 0) is 17.8 Å². The maximum Gasteiger partial charge on any atom is 0.249 e. The molecule has 1 heterocycles. The Morgan fingerprint density at radius 2 is 2.07 bits per heavy atom. The Labute approximate surface area is 172 Å². The van der Waals surface area contributed by atoms with Gasteiger partial charge in [-0.05, 0) is 42.7 Å². The summed E-state index contributed by atoms with van der Waals surface area (Å²) in [4.78, 5) is 14.6. The molecule has 3 aromatic rings. The van der Waals surface area contributed by atoms with Gasteiger partial charge in [-0.2, -0.15) is 0 Å². The minimum atomic E-state index is -0.489. The lowest BCUT2D eigenvalue weighted by molar-refractivity contribution is -0.132. The van der Waals surface area contributed by atoms with Crippen LogP contribution in [0.15, 0.2) is 46.9 Å². The van der Waals surface area contributed by atoms with Gasteiger partial charge in [0.15, 0.2) is 11.6 Å². The highest BCUT2D eigenvalue weighted by Gasteiger charge is 2.33. The summed E-state index contributed by atoms with van der Waals surface area (Å²) in [6.07, 6.45) is 1.94. The molecule has 0 radical (unpaired) electrons. The molecule has 8 heteroatoms. The van der Waals surface area contributed by atoms with Gasteiger partial charge in [-0.15, -0.1) is 10.2 Å². The predicted octanol–water partition coefficient (Wildman–Crippen LogP) is 4.27. The fourth-order valence-electron chi connectivity index (χ4n) is 3.11. The molecule has 29 heavy (non-hydrogen) atoms. The Morgan fingerprint density at radius 1 is 1.28 bits per heavy atom. The topological polar surface area (TPSA) is 68.5 Å². The van der Waals surface area contributed by atoms with Gasteiger partial charge in [-0.3, -0.25) is 4.79 Å². The minimum absolute atomic E-state index is 0.0862. The quantitative estimate of drug-likeness (QED) is 0.576. The molecule has 6 nitrogen and oxygen atoms in total. The highest BCUT2D eigenvalue weighted by molar-refractivity contribution is 6.33. The second-order valence-electron chi connectivity index (χ2n) is 6.88. The Balaban J connectivity index is 1.48. The van der Waals surface area contributed by atoms with E-state index < -0.39 is 5.82 Å². The molecule has 1 fully saturated rings. The SMILES string of the molecule is COc1ccc(CC(=O)N(Cc2nnc(-c3ccccc3Cl)o2)C2CC2)cc1F. The lowest BCUT2D eigenvalue weighted by Gasteiger charge is -2.20. The third kappa shape index (κ3) is 4.40. The number of hydrogen-bond donors (Lipinski definition) is 0. The first-order valence-corrected chi connectivity index (χ1v) is 9.62. The first-order chi connectivity index (χ1) is 14.0. The first-order valence-electron chi connectivity index (χ1n) is 9.24. The normalized spacial score (nSPS) is 13.3. The monoisotopic (exact) mass is 415 g/mol. The Bertz CT molecular complexity index is 1040. The van der Waals surface area contributed by atoms with Crippen LogP contribution in [0.25, 0.3) is 11.5 Å². The van der Waals surface area contributed by atoms with Crippen molar-refractivity contribution in [3.8, 4) is 17.2 Å². The average Bonchev–Trinajstić information content (AvgIpc) is 3.44. The zero-order valence-electron chi connectivity index (χ0n) is 15.8. The molecule has 0 saturated heterocycles.